The van der Waals surface area contributed by atoms with Gasteiger partial charge in [-0.2, -0.15) is 5.26 Å². The molecule has 0 spiro atoms. The van der Waals surface area contributed by atoms with Gasteiger partial charge in [0.05, 0.1) is 27.7 Å². The molecule has 7 heteroatoms. The zero-order valence-corrected chi connectivity index (χ0v) is 17.3. The van der Waals surface area contributed by atoms with Crippen molar-refractivity contribution in [3.8, 4) is 6.07 Å². The van der Waals surface area contributed by atoms with E-state index in [0.29, 0.717) is 16.5 Å². The molecule has 0 fully saturated rings. The van der Waals surface area contributed by atoms with E-state index >= 15 is 0 Å². The quantitative estimate of drug-likeness (QED) is 0.360. The summed E-state index contributed by atoms with van der Waals surface area (Å²) >= 11 is 6.01. The third-order valence-electron chi connectivity index (χ3n) is 5.09. The normalized spacial score (nSPS) is 11.5. The first-order valence-electron chi connectivity index (χ1n) is 9.54. The van der Waals surface area contributed by atoms with E-state index in [4.69, 9.17) is 16.7 Å². The van der Waals surface area contributed by atoms with Crippen LogP contribution >= 0.6 is 11.6 Å². The predicted molar refractivity (Wildman–Crippen MR) is 119 cm³/mol. The highest BCUT2D eigenvalue weighted by Crippen LogP contribution is 2.32. The topological polar surface area (TPSA) is 66.0 Å². The van der Waals surface area contributed by atoms with Crippen molar-refractivity contribution in [3.05, 3.63) is 106 Å². The van der Waals surface area contributed by atoms with E-state index in [9.17, 15) is 18.8 Å². The van der Waals surface area contributed by atoms with Crippen LogP contribution in [0.2, 0.25) is 5.02 Å². The van der Waals surface area contributed by atoms with Gasteiger partial charge in [0.25, 0.3) is 0 Å². The van der Waals surface area contributed by atoms with E-state index < -0.39 is 11.8 Å². The van der Waals surface area contributed by atoms with E-state index in [1.807, 2.05) is 0 Å². The second-order valence-corrected chi connectivity index (χ2v) is 7.56. The molecule has 0 aliphatic carbocycles. The van der Waals surface area contributed by atoms with Crippen molar-refractivity contribution in [1.29, 1.82) is 5.26 Å². The molecule has 0 bridgehead atoms. The number of rotatable bonds is 5. The Hall–Kier alpha value is -3.95. The van der Waals surface area contributed by atoms with E-state index in [2.05, 4.69) is 6.07 Å². The number of hydrogen-bond donors (Lipinski definition) is 1. The average Bonchev–Trinajstić information content (AvgIpc) is 3.13. The highest BCUT2D eigenvalue weighted by atomic mass is 35.5. The zero-order valence-electron chi connectivity index (χ0n) is 16.5. The summed E-state index contributed by atoms with van der Waals surface area (Å²) in [7, 11) is 0. The lowest BCUT2D eigenvalue weighted by atomic mass is 10.0. The Balaban J connectivity index is 1.83. The highest BCUT2D eigenvalue weighted by molar-refractivity contribution is 6.31. The second kappa shape index (κ2) is 8.66. The second-order valence-electron chi connectivity index (χ2n) is 7.15. The maximum Gasteiger partial charge on any atom is 0.335 e. The van der Waals surface area contributed by atoms with E-state index in [0.717, 1.165) is 5.56 Å². The molecule has 0 aliphatic rings. The molecule has 0 aliphatic heterocycles. The van der Waals surface area contributed by atoms with Gasteiger partial charge < -0.3 is 9.67 Å². The van der Waals surface area contributed by atoms with Crippen molar-refractivity contribution in [3.63, 3.8) is 0 Å². The van der Waals surface area contributed by atoms with Gasteiger partial charge in [-0.3, -0.25) is 0 Å². The number of carboxylic acids is 1. The van der Waals surface area contributed by atoms with E-state index in [1.165, 1.54) is 30.3 Å². The molecule has 4 aromatic rings. The molecule has 4 rings (SSSR count). The first kappa shape index (κ1) is 21.3. The van der Waals surface area contributed by atoms with Crippen LogP contribution in [0.25, 0.3) is 22.6 Å². The van der Waals surface area contributed by atoms with Crippen LogP contribution in [0, 0.1) is 23.0 Å². The Bertz CT molecular complexity index is 1400. The summed E-state index contributed by atoms with van der Waals surface area (Å²) in [6.07, 6.45) is 3.32. The Morgan fingerprint density at radius 3 is 2.31 bits per heavy atom. The third kappa shape index (κ3) is 4.11. The number of carboxylic acid groups (broad SMARTS) is 1. The van der Waals surface area contributed by atoms with Crippen LogP contribution in [0.4, 0.5) is 8.78 Å². The Morgan fingerprint density at radius 1 is 1.03 bits per heavy atom. The van der Waals surface area contributed by atoms with Crippen LogP contribution in [0.3, 0.4) is 0 Å². The molecule has 1 aromatic heterocycles. The number of fused-ring (bicyclic) bond motifs is 1. The van der Waals surface area contributed by atoms with Crippen molar-refractivity contribution < 1.29 is 18.7 Å². The van der Waals surface area contributed by atoms with Crippen LogP contribution in [0.5, 0.6) is 0 Å². The Morgan fingerprint density at radius 2 is 1.69 bits per heavy atom. The molecule has 1 N–H and O–H groups in total. The van der Waals surface area contributed by atoms with Gasteiger partial charge in [-0.15, -0.1) is 0 Å². The summed E-state index contributed by atoms with van der Waals surface area (Å²) in [6, 6.07) is 17.1. The smallest absolute Gasteiger partial charge is 0.335 e. The number of halogens is 3. The van der Waals surface area contributed by atoms with Crippen molar-refractivity contribution in [2.45, 2.75) is 6.54 Å². The molecule has 4 nitrogen and oxygen atoms in total. The summed E-state index contributed by atoms with van der Waals surface area (Å²) in [5.74, 6) is -2.01. The third-order valence-corrected chi connectivity index (χ3v) is 5.38. The number of benzene rings is 3. The van der Waals surface area contributed by atoms with Gasteiger partial charge in [0.1, 0.15) is 5.82 Å². The Kier molecular flexibility index (Phi) is 5.76. The number of carbonyl (C=O) groups is 1. The van der Waals surface area contributed by atoms with Crippen LogP contribution < -0.4 is 0 Å². The minimum atomic E-state index is -1.06. The number of aromatic nitrogens is 1. The molecule has 0 amide bonds. The maximum absolute atomic E-state index is 14.9. The Labute approximate surface area is 187 Å². The fourth-order valence-electron chi connectivity index (χ4n) is 3.51. The zero-order chi connectivity index (χ0) is 22.8. The molecule has 1 heterocycles. The predicted octanol–water partition coefficient (Wildman–Crippen LogP) is 6.38. The highest BCUT2D eigenvalue weighted by Gasteiger charge is 2.16. The first-order chi connectivity index (χ1) is 15.4. The minimum absolute atomic E-state index is 0.0312. The van der Waals surface area contributed by atoms with Crippen molar-refractivity contribution in [2.75, 3.05) is 0 Å². The molecule has 0 saturated carbocycles. The molecule has 0 unspecified atom stereocenters. The SMILES string of the molecule is N#C/C(=C\c1cn(Cc2ccc(F)cc2)c2c(F)c(Cl)ccc12)c1ccc(C(=O)O)cc1. The van der Waals surface area contributed by atoms with Crippen molar-refractivity contribution >= 4 is 40.1 Å². The lowest BCUT2D eigenvalue weighted by molar-refractivity contribution is 0.0697. The number of nitriles is 1. The van der Waals surface area contributed by atoms with Crippen molar-refractivity contribution in [1.82, 2.24) is 4.57 Å². The summed E-state index contributed by atoms with van der Waals surface area (Å²) in [5.41, 5.74) is 2.56. The number of allylic oxidation sites excluding steroid dienone is 1. The number of nitrogens with zero attached hydrogens (tertiary/aromatic N) is 2. The van der Waals surface area contributed by atoms with Crippen LogP contribution in [-0.2, 0) is 6.54 Å². The van der Waals surface area contributed by atoms with Gasteiger partial charge in [0.2, 0.25) is 0 Å². The molecule has 0 saturated heterocycles. The van der Waals surface area contributed by atoms with Gasteiger partial charge in [0.15, 0.2) is 5.82 Å². The minimum Gasteiger partial charge on any atom is -0.478 e. The average molecular weight is 449 g/mol. The van der Waals surface area contributed by atoms with Gasteiger partial charge in [0, 0.05) is 23.7 Å². The molecular formula is C25H15ClF2N2O2. The summed E-state index contributed by atoms with van der Waals surface area (Å²) in [5, 5.41) is 19.3. The summed E-state index contributed by atoms with van der Waals surface area (Å²) < 4.78 is 29.9. The lowest BCUT2D eigenvalue weighted by Gasteiger charge is -2.07. The lowest BCUT2D eigenvalue weighted by Crippen LogP contribution is -1.99. The number of aromatic carboxylic acids is 1. The molecular weight excluding hydrogens is 434 g/mol. The van der Waals surface area contributed by atoms with Crippen LogP contribution in [0.15, 0.2) is 66.9 Å². The van der Waals surface area contributed by atoms with Gasteiger partial charge >= 0.3 is 5.97 Å². The van der Waals surface area contributed by atoms with Gasteiger partial charge in [-0.05, 0) is 47.5 Å². The van der Waals surface area contributed by atoms with Crippen molar-refractivity contribution in [2.24, 2.45) is 0 Å². The van der Waals surface area contributed by atoms with E-state index in [-0.39, 0.29) is 34.0 Å². The fourth-order valence-corrected chi connectivity index (χ4v) is 3.66. The molecule has 158 valence electrons. The maximum atomic E-state index is 14.9. The first-order valence-corrected chi connectivity index (χ1v) is 9.92. The number of hydrogen-bond acceptors (Lipinski definition) is 2. The van der Waals surface area contributed by atoms with Gasteiger partial charge in [-0.1, -0.05) is 41.9 Å². The fraction of sp³-hybridized carbons (Fsp3) is 0.0400. The van der Waals surface area contributed by atoms with Crippen LogP contribution in [0.1, 0.15) is 27.0 Å². The largest absolute Gasteiger partial charge is 0.478 e. The van der Waals surface area contributed by atoms with E-state index in [1.54, 1.807) is 47.2 Å². The summed E-state index contributed by atoms with van der Waals surface area (Å²) in [6.45, 7) is 0.275. The van der Waals surface area contributed by atoms with Crippen LogP contribution in [-0.4, -0.2) is 15.6 Å². The molecule has 32 heavy (non-hydrogen) atoms. The molecule has 0 atom stereocenters. The standard InChI is InChI=1S/C25H15ClF2N2O2/c26-22-10-9-21-19(11-18(12-29)16-3-5-17(6-4-16)25(31)32)14-30(24(21)23(22)28)13-15-1-7-20(27)8-2-15/h1-11,14H,13H2,(H,31,32)/b18-11+. The summed E-state index contributed by atoms with van der Waals surface area (Å²) in [4.78, 5) is 11.1. The molecule has 0 radical (unpaired) electrons. The molecule has 3 aromatic carbocycles. The monoisotopic (exact) mass is 448 g/mol. The van der Waals surface area contributed by atoms with Gasteiger partial charge in [-0.25, -0.2) is 13.6 Å².